The summed E-state index contributed by atoms with van der Waals surface area (Å²) in [4.78, 5) is 16.5. The molecule has 1 aliphatic heterocycles. The van der Waals surface area contributed by atoms with E-state index in [2.05, 4.69) is 36.1 Å². The number of hydrogen-bond acceptors (Lipinski definition) is 4. The van der Waals surface area contributed by atoms with Crippen molar-refractivity contribution in [3.63, 3.8) is 0 Å². The van der Waals surface area contributed by atoms with Gasteiger partial charge in [0.1, 0.15) is 17.4 Å². The van der Waals surface area contributed by atoms with Crippen LogP contribution in [0.25, 0.3) is 0 Å². The third-order valence-corrected chi connectivity index (χ3v) is 6.28. The molecule has 0 spiro atoms. The van der Waals surface area contributed by atoms with Crippen LogP contribution in [-0.4, -0.2) is 55.5 Å². The third kappa shape index (κ3) is 6.44. The Labute approximate surface area is 204 Å². The molecule has 35 heavy (non-hydrogen) atoms. The summed E-state index contributed by atoms with van der Waals surface area (Å²) in [6, 6.07) is 19.1. The zero-order chi connectivity index (χ0) is 24.8. The maximum Gasteiger partial charge on any atom is 0.257 e. The standard InChI is InChI=1S/C28H30F2N2O3/c1-20-6-8-21(9-7-20)19-35-27(22-4-3-5-24(16-22)34-2)18-31-12-14-32(15-13-31)28(33)25-17-23(29)10-11-26(25)30/h3-11,16-17,27H,12-15,18-19H2,1-2H3/t27-/m1/s1. The number of halogens is 2. The summed E-state index contributed by atoms with van der Waals surface area (Å²) in [7, 11) is 1.64. The SMILES string of the molecule is COc1cccc([C@@H](CN2CCN(C(=O)c3cc(F)ccc3F)CC2)OCc2ccc(C)cc2)c1. The van der Waals surface area contributed by atoms with Gasteiger partial charge in [-0.3, -0.25) is 9.69 Å². The number of amides is 1. The first kappa shape index (κ1) is 24.8. The molecule has 4 rings (SSSR count). The molecule has 7 heteroatoms. The monoisotopic (exact) mass is 480 g/mol. The van der Waals surface area contributed by atoms with Crippen molar-refractivity contribution in [1.82, 2.24) is 9.80 Å². The van der Waals surface area contributed by atoms with Gasteiger partial charge < -0.3 is 14.4 Å². The molecule has 184 valence electrons. The molecule has 0 N–H and O–H groups in total. The Balaban J connectivity index is 1.41. The van der Waals surface area contributed by atoms with E-state index < -0.39 is 17.5 Å². The van der Waals surface area contributed by atoms with Crippen LogP contribution in [0.1, 0.15) is 33.2 Å². The second-order valence-electron chi connectivity index (χ2n) is 8.78. The molecule has 0 aromatic heterocycles. The molecule has 1 saturated heterocycles. The molecule has 3 aromatic rings. The maximum absolute atomic E-state index is 14.1. The van der Waals surface area contributed by atoms with Crippen molar-refractivity contribution in [3.8, 4) is 5.75 Å². The number of piperazine rings is 1. The Morgan fingerprint density at radius 2 is 1.71 bits per heavy atom. The summed E-state index contributed by atoms with van der Waals surface area (Å²) in [5, 5.41) is 0. The van der Waals surface area contributed by atoms with E-state index in [9.17, 15) is 13.6 Å². The topological polar surface area (TPSA) is 42.0 Å². The molecule has 0 unspecified atom stereocenters. The fourth-order valence-electron chi connectivity index (χ4n) is 4.18. The highest BCUT2D eigenvalue weighted by Crippen LogP contribution is 2.25. The van der Waals surface area contributed by atoms with Crippen LogP contribution in [0.3, 0.4) is 0 Å². The predicted octanol–water partition coefficient (Wildman–Crippen LogP) is 5.00. The molecule has 1 amide bonds. The van der Waals surface area contributed by atoms with Gasteiger partial charge in [0, 0.05) is 32.7 Å². The first-order valence-corrected chi connectivity index (χ1v) is 11.7. The van der Waals surface area contributed by atoms with Gasteiger partial charge in [-0.05, 0) is 48.4 Å². The predicted molar refractivity (Wildman–Crippen MR) is 130 cm³/mol. The number of aryl methyl sites for hydroxylation is 1. The molecule has 3 aromatic carbocycles. The van der Waals surface area contributed by atoms with Crippen molar-refractivity contribution >= 4 is 5.91 Å². The van der Waals surface area contributed by atoms with Gasteiger partial charge in [-0.1, -0.05) is 42.0 Å². The number of carbonyl (C=O) groups is 1. The number of benzene rings is 3. The Morgan fingerprint density at radius 3 is 2.43 bits per heavy atom. The largest absolute Gasteiger partial charge is 0.497 e. The zero-order valence-corrected chi connectivity index (χ0v) is 20.0. The van der Waals surface area contributed by atoms with Crippen LogP contribution >= 0.6 is 0 Å². The van der Waals surface area contributed by atoms with Gasteiger partial charge in [-0.25, -0.2) is 8.78 Å². The fraction of sp³-hybridized carbons (Fsp3) is 0.321. The smallest absolute Gasteiger partial charge is 0.257 e. The minimum atomic E-state index is -0.707. The molecular weight excluding hydrogens is 450 g/mol. The van der Waals surface area contributed by atoms with Gasteiger partial charge in [-0.2, -0.15) is 0 Å². The normalized spacial score (nSPS) is 15.1. The van der Waals surface area contributed by atoms with Crippen LogP contribution < -0.4 is 4.74 Å². The number of rotatable bonds is 8. The van der Waals surface area contributed by atoms with Crippen molar-refractivity contribution in [2.24, 2.45) is 0 Å². The van der Waals surface area contributed by atoms with E-state index in [1.54, 1.807) is 12.0 Å². The molecule has 5 nitrogen and oxygen atoms in total. The van der Waals surface area contributed by atoms with Crippen molar-refractivity contribution in [2.45, 2.75) is 19.6 Å². The third-order valence-electron chi connectivity index (χ3n) is 6.28. The minimum absolute atomic E-state index is 0.200. The Morgan fingerprint density at radius 1 is 0.971 bits per heavy atom. The Bertz CT molecular complexity index is 1150. The average Bonchev–Trinajstić information content (AvgIpc) is 2.89. The second kappa shape index (κ2) is 11.4. The maximum atomic E-state index is 14.1. The fourth-order valence-corrected chi connectivity index (χ4v) is 4.18. The summed E-state index contributed by atoms with van der Waals surface area (Å²) in [5.41, 5.74) is 3.07. The number of ether oxygens (including phenoxy) is 2. The molecule has 0 radical (unpaired) electrons. The van der Waals surface area contributed by atoms with Crippen LogP contribution in [0, 0.1) is 18.6 Å². The van der Waals surface area contributed by atoms with E-state index >= 15 is 0 Å². The highest BCUT2D eigenvalue weighted by atomic mass is 19.1. The molecule has 1 heterocycles. The van der Waals surface area contributed by atoms with Gasteiger partial charge in [0.25, 0.3) is 5.91 Å². The number of methoxy groups -OCH3 is 1. The first-order chi connectivity index (χ1) is 16.9. The molecule has 1 fully saturated rings. The lowest BCUT2D eigenvalue weighted by atomic mass is 10.1. The first-order valence-electron chi connectivity index (χ1n) is 11.7. The quantitative estimate of drug-likeness (QED) is 0.455. The summed E-state index contributed by atoms with van der Waals surface area (Å²) >= 11 is 0. The van der Waals surface area contributed by atoms with Crippen LogP contribution in [0.4, 0.5) is 8.78 Å². The zero-order valence-electron chi connectivity index (χ0n) is 20.0. The summed E-state index contributed by atoms with van der Waals surface area (Å²) in [6.45, 7) is 5.23. The van der Waals surface area contributed by atoms with Gasteiger partial charge in [0.15, 0.2) is 0 Å². The van der Waals surface area contributed by atoms with Crippen molar-refractivity contribution in [1.29, 1.82) is 0 Å². The van der Waals surface area contributed by atoms with Crippen LogP contribution in [-0.2, 0) is 11.3 Å². The lowest BCUT2D eigenvalue weighted by Gasteiger charge is -2.36. The van der Waals surface area contributed by atoms with Gasteiger partial charge in [0.05, 0.1) is 25.4 Å². The van der Waals surface area contributed by atoms with E-state index in [0.29, 0.717) is 39.3 Å². The van der Waals surface area contributed by atoms with E-state index in [1.807, 2.05) is 24.3 Å². The summed E-state index contributed by atoms with van der Waals surface area (Å²) < 4.78 is 39.4. The number of nitrogens with zero attached hydrogens (tertiary/aromatic N) is 2. The van der Waals surface area contributed by atoms with Gasteiger partial charge in [-0.15, -0.1) is 0 Å². The van der Waals surface area contributed by atoms with Crippen LogP contribution in [0.5, 0.6) is 5.75 Å². The molecule has 1 aliphatic rings. The minimum Gasteiger partial charge on any atom is -0.497 e. The lowest BCUT2D eigenvalue weighted by molar-refractivity contribution is 0.00328. The van der Waals surface area contributed by atoms with E-state index in [-0.39, 0.29) is 11.7 Å². The van der Waals surface area contributed by atoms with E-state index in [4.69, 9.17) is 9.47 Å². The highest BCUT2D eigenvalue weighted by molar-refractivity contribution is 5.94. The highest BCUT2D eigenvalue weighted by Gasteiger charge is 2.26. The number of hydrogen-bond donors (Lipinski definition) is 0. The van der Waals surface area contributed by atoms with Gasteiger partial charge in [0.2, 0.25) is 0 Å². The van der Waals surface area contributed by atoms with Crippen molar-refractivity contribution < 1.29 is 23.0 Å². The number of carbonyl (C=O) groups excluding carboxylic acids is 1. The second-order valence-corrected chi connectivity index (χ2v) is 8.78. The summed E-state index contributed by atoms with van der Waals surface area (Å²) in [6.07, 6.45) is -0.200. The van der Waals surface area contributed by atoms with Crippen LogP contribution in [0.2, 0.25) is 0 Å². The van der Waals surface area contributed by atoms with E-state index in [1.165, 1.54) is 5.56 Å². The summed E-state index contributed by atoms with van der Waals surface area (Å²) in [5.74, 6) is -1.05. The Hall–Kier alpha value is -3.29. The van der Waals surface area contributed by atoms with E-state index in [0.717, 1.165) is 35.1 Å². The van der Waals surface area contributed by atoms with Crippen molar-refractivity contribution in [2.75, 3.05) is 39.8 Å². The molecule has 0 aliphatic carbocycles. The Kier molecular flexibility index (Phi) is 8.10. The van der Waals surface area contributed by atoms with Crippen LogP contribution in [0.15, 0.2) is 66.7 Å². The van der Waals surface area contributed by atoms with Crippen molar-refractivity contribution in [3.05, 3.63) is 101 Å². The average molecular weight is 481 g/mol. The molecule has 0 saturated carbocycles. The van der Waals surface area contributed by atoms with Gasteiger partial charge >= 0.3 is 0 Å². The molecule has 1 atom stereocenters. The molecular formula is C28H30F2N2O3. The molecule has 0 bridgehead atoms. The lowest BCUT2D eigenvalue weighted by Crippen LogP contribution is -2.49.